The van der Waals surface area contributed by atoms with Gasteiger partial charge in [0, 0.05) is 12.0 Å². The topological polar surface area (TPSA) is 29.5 Å². The van der Waals surface area contributed by atoms with Gasteiger partial charge in [0.05, 0.1) is 12.2 Å². The van der Waals surface area contributed by atoms with Gasteiger partial charge in [-0.15, -0.1) is 0 Å². The lowest BCUT2D eigenvalue weighted by molar-refractivity contribution is 0.0373. The van der Waals surface area contributed by atoms with Crippen LogP contribution in [0.15, 0.2) is 18.2 Å². The van der Waals surface area contributed by atoms with E-state index < -0.39 is 5.60 Å². The second kappa shape index (κ2) is 4.02. The molecule has 2 heteroatoms. The lowest BCUT2D eigenvalue weighted by Gasteiger charge is -2.25. The summed E-state index contributed by atoms with van der Waals surface area (Å²) >= 11 is 0. The molecule has 2 unspecified atom stereocenters. The Morgan fingerprint density at radius 3 is 3.12 bits per heavy atom. The molecule has 2 atom stereocenters. The molecule has 3 rings (SSSR count). The third kappa shape index (κ3) is 1.75. The number of fused-ring (bicyclic) bond motifs is 1. The molecule has 92 valence electrons. The quantitative estimate of drug-likeness (QED) is 0.849. The van der Waals surface area contributed by atoms with Crippen molar-refractivity contribution in [3.8, 4) is 5.75 Å². The van der Waals surface area contributed by atoms with Crippen molar-refractivity contribution < 1.29 is 9.84 Å². The number of hydrogen-bond acceptors (Lipinski definition) is 2. The fourth-order valence-electron chi connectivity index (χ4n) is 3.30. The van der Waals surface area contributed by atoms with Crippen molar-refractivity contribution in [1.82, 2.24) is 0 Å². The summed E-state index contributed by atoms with van der Waals surface area (Å²) in [6, 6.07) is 6.21. The van der Waals surface area contributed by atoms with Crippen LogP contribution in [0.25, 0.3) is 0 Å². The molecule has 1 fully saturated rings. The Hall–Kier alpha value is -1.02. The van der Waals surface area contributed by atoms with Crippen molar-refractivity contribution >= 4 is 0 Å². The summed E-state index contributed by atoms with van der Waals surface area (Å²) in [7, 11) is 0. The molecule has 1 heterocycles. The number of rotatable bonds is 2. The number of ether oxygens (including phenoxy) is 1. The zero-order chi connectivity index (χ0) is 11.9. The van der Waals surface area contributed by atoms with Gasteiger partial charge >= 0.3 is 0 Å². The van der Waals surface area contributed by atoms with E-state index in [1.165, 1.54) is 5.56 Å². The number of para-hydroxylation sites is 1. The van der Waals surface area contributed by atoms with Gasteiger partial charge in [-0.05, 0) is 30.7 Å². The standard InChI is InChI=1S/C15H20O2/c1-2-11-6-8-15(16,10-11)13-5-3-4-12-7-9-17-14(12)13/h3-5,11,16H,2,6-10H2,1H3. The van der Waals surface area contributed by atoms with Crippen LogP contribution in [-0.4, -0.2) is 11.7 Å². The Balaban J connectivity index is 1.97. The summed E-state index contributed by atoms with van der Waals surface area (Å²) in [5.74, 6) is 1.63. The van der Waals surface area contributed by atoms with E-state index >= 15 is 0 Å². The maximum absolute atomic E-state index is 10.8. The van der Waals surface area contributed by atoms with E-state index in [-0.39, 0.29) is 0 Å². The first-order valence-electron chi connectivity index (χ1n) is 6.70. The van der Waals surface area contributed by atoms with Gasteiger partial charge in [0.25, 0.3) is 0 Å². The Kier molecular flexibility index (Phi) is 2.62. The van der Waals surface area contributed by atoms with Crippen LogP contribution in [0.2, 0.25) is 0 Å². The first-order chi connectivity index (χ1) is 8.23. The molecule has 1 aromatic carbocycles. The van der Waals surface area contributed by atoms with Crippen LogP contribution in [0.3, 0.4) is 0 Å². The SMILES string of the molecule is CCC1CCC(O)(c2cccc3c2OCC3)C1. The van der Waals surface area contributed by atoms with Gasteiger partial charge in [0.1, 0.15) is 5.75 Å². The van der Waals surface area contributed by atoms with E-state index in [1.54, 1.807) is 0 Å². The maximum atomic E-state index is 10.8. The third-order valence-electron chi connectivity index (χ3n) is 4.39. The molecule has 1 saturated carbocycles. The molecular formula is C15H20O2. The minimum absolute atomic E-state index is 0.643. The van der Waals surface area contributed by atoms with Gasteiger partial charge in [0.2, 0.25) is 0 Å². The van der Waals surface area contributed by atoms with Crippen molar-refractivity contribution in [3.05, 3.63) is 29.3 Å². The van der Waals surface area contributed by atoms with Gasteiger partial charge in [0.15, 0.2) is 0 Å². The van der Waals surface area contributed by atoms with Crippen molar-refractivity contribution in [3.63, 3.8) is 0 Å². The number of hydrogen-bond donors (Lipinski definition) is 1. The van der Waals surface area contributed by atoms with Gasteiger partial charge in [-0.3, -0.25) is 0 Å². The molecule has 0 bridgehead atoms. The fourth-order valence-corrected chi connectivity index (χ4v) is 3.30. The maximum Gasteiger partial charge on any atom is 0.128 e. The average molecular weight is 232 g/mol. The van der Waals surface area contributed by atoms with Gasteiger partial charge < -0.3 is 9.84 Å². The Bertz CT molecular complexity index is 427. The third-order valence-corrected chi connectivity index (χ3v) is 4.39. The summed E-state index contributed by atoms with van der Waals surface area (Å²) in [4.78, 5) is 0. The average Bonchev–Trinajstić information content (AvgIpc) is 2.95. The molecule has 1 aliphatic carbocycles. The molecular weight excluding hydrogens is 212 g/mol. The zero-order valence-electron chi connectivity index (χ0n) is 10.4. The molecule has 0 amide bonds. The highest BCUT2D eigenvalue weighted by molar-refractivity contribution is 5.47. The molecule has 2 aliphatic rings. The van der Waals surface area contributed by atoms with Gasteiger partial charge in [-0.1, -0.05) is 31.5 Å². The van der Waals surface area contributed by atoms with E-state index in [2.05, 4.69) is 19.1 Å². The second-order valence-corrected chi connectivity index (χ2v) is 5.44. The summed E-state index contributed by atoms with van der Waals surface area (Å²) in [5, 5.41) is 10.8. The van der Waals surface area contributed by atoms with Crippen LogP contribution in [0.4, 0.5) is 0 Å². The van der Waals surface area contributed by atoms with Crippen LogP contribution in [-0.2, 0) is 12.0 Å². The number of benzene rings is 1. The minimum atomic E-state index is -0.643. The molecule has 1 aromatic rings. The van der Waals surface area contributed by atoms with E-state index in [4.69, 9.17) is 4.74 Å². The number of aliphatic hydroxyl groups is 1. The highest BCUT2D eigenvalue weighted by atomic mass is 16.5. The van der Waals surface area contributed by atoms with E-state index in [0.717, 1.165) is 50.0 Å². The Morgan fingerprint density at radius 1 is 1.47 bits per heavy atom. The van der Waals surface area contributed by atoms with Crippen LogP contribution in [0, 0.1) is 5.92 Å². The molecule has 2 nitrogen and oxygen atoms in total. The zero-order valence-corrected chi connectivity index (χ0v) is 10.4. The molecule has 0 aromatic heterocycles. The molecule has 1 aliphatic heterocycles. The highest BCUT2D eigenvalue weighted by Gasteiger charge is 2.40. The van der Waals surface area contributed by atoms with Crippen molar-refractivity contribution in [2.45, 2.75) is 44.6 Å². The van der Waals surface area contributed by atoms with Gasteiger partial charge in [-0.2, -0.15) is 0 Å². The normalized spacial score (nSPS) is 31.3. The Labute approximate surface area is 103 Å². The fraction of sp³-hybridized carbons (Fsp3) is 0.600. The molecule has 0 radical (unpaired) electrons. The second-order valence-electron chi connectivity index (χ2n) is 5.44. The van der Waals surface area contributed by atoms with E-state index in [9.17, 15) is 5.11 Å². The van der Waals surface area contributed by atoms with E-state index in [1.807, 2.05) is 6.07 Å². The highest BCUT2D eigenvalue weighted by Crippen LogP contribution is 2.47. The van der Waals surface area contributed by atoms with Crippen LogP contribution in [0.1, 0.15) is 43.7 Å². The van der Waals surface area contributed by atoms with Crippen molar-refractivity contribution in [2.75, 3.05) is 6.61 Å². The predicted octanol–water partition coefficient (Wildman–Crippen LogP) is 3.02. The monoisotopic (exact) mass is 232 g/mol. The summed E-state index contributed by atoms with van der Waals surface area (Å²) in [6.45, 7) is 2.97. The predicted molar refractivity (Wildman–Crippen MR) is 67.2 cm³/mol. The van der Waals surface area contributed by atoms with Crippen LogP contribution >= 0.6 is 0 Å². The summed E-state index contributed by atoms with van der Waals surface area (Å²) < 4.78 is 5.72. The molecule has 1 N–H and O–H groups in total. The van der Waals surface area contributed by atoms with Crippen LogP contribution < -0.4 is 4.74 Å². The van der Waals surface area contributed by atoms with Crippen molar-refractivity contribution in [2.24, 2.45) is 5.92 Å². The van der Waals surface area contributed by atoms with E-state index in [0.29, 0.717) is 5.92 Å². The van der Waals surface area contributed by atoms with Crippen molar-refractivity contribution in [1.29, 1.82) is 0 Å². The summed E-state index contributed by atoms with van der Waals surface area (Å²) in [5.41, 5.74) is 1.65. The largest absolute Gasteiger partial charge is 0.493 e. The summed E-state index contributed by atoms with van der Waals surface area (Å²) in [6.07, 6.45) is 5.06. The smallest absolute Gasteiger partial charge is 0.128 e. The first-order valence-corrected chi connectivity index (χ1v) is 6.70. The first kappa shape index (κ1) is 11.1. The minimum Gasteiger partial charge on any atom is -0.493 e. The van der Waals surface area contributed by atoms with Crippen LogP contribution in [0.5, 0.6) is 5.75 Å². The Morgan fingerprint density at radius 2 is 2.35 bits per heavy atom. The molecule has 0 saturated heterocycles. The molecule has 17 heavy (non-hydrogen) atoms. The molecule has 0 spiro atoms. The lowest BCUT2D eigenvalue weighted by atomic mass is 9.88. The van der Waals surface area contributed by atoms with Gasteiger partial charge in [-0.25, -0.2) is 0 Å². The lowest BCUT2D eigenvalue weighted by Crippen LogP contribution is -2.22.